The number of aryl methyl sites for hydroxylation is 1. The van der Waals surface area contributed by atoms with Crippen LogP contribution in [0.1, 0.15) is 49.7 Å². The fraction of sp³-hybridized carbons (Fsp3) is 0.333. The van der Waals surface area contributed by atoms with Crippen molar-refractivity contribution in [2.45, 2.75) is 51.6 Å². The summed E-state index contributed by atoms with van der Waals surface area (Å²) in [6, 6.07) is 26.6. The molecule has 152 valence electrons. The fourth-order valence-corrected chi connectivity index (χ4v) is 3.52. The number of aromatic hydroxyl groups is 1. The molecule has 2 heteroatoms. The molecular weight excluding hydrogens is 356 g/mol. The lowest BCUT2D eigenvalue weighted by molar-refractivity contribution is 0.116. The molecule has 0 radical (unpaired) electrons. The average molecular weight is 389 g/mol. The van der Waals surface area contributed by atoms with Gasteiger partial charge in [0.25, 0.3) is 0 Å². The first-order valence-corrected chi connectivity index (χ1v) is 10.8. The molecule has 3 aromatic rings. The first-order valence-electron chi connectivity index (χ1n) is 10.8. The van der Waals surface area contributed by atoms with Gasteiger partial charge >= 0.3 is 0 Å². The summed E-state index contributed by atoms with van der Waals surface area (Å²) in [5.41, 5.74) is 5.00. The zero-order valence-corrected chi connectivity index (χ0v) is 17.2. The molecule has 0 unspecified atom stereocenters. The normalized spacial score (nSPS) is 10.9. The Kier molecular flexibility index (Phi) is 8.81. The van der Waals surface area contributed by atoms with E-state index in [2.05, 4.69) is 48.5 Å². The van der Waals surface area contributed by atoms with E-state index in [-0.39, 0.29) is 0 Å². The smallest absolute Gasteiger partial charge is 0.115 e. The van der Waals surface area contributed by atoms with E-state index >= 15 is 0 Å². The molecule has 3 rings (SSSR count). The Morgan fingerprint density at radius 1 is 0.552 bits per heavy atom. The summed E-state index contributed by atoms with van der Waals surface area (Å²) in [5.74, 6) is 0.310. The minimum Gasteiger partial charge on any atom is -0.508 e. The fourth-order valence-electron chi connectivity index (χ4n) is 3.52. The third-order valence-corrected chi connectivity index (χ3v) is 5.27. The van der Waals surface area contributed by atoms with Crippen LogP contribution < -0.4 is 0 Å². The van der Waals surface area contributed by atoms with Crippen molar-refractivity contribution in [3.63, 3.8) is 0 Å². The molecule has 0 spiro atoms. The van der Waals surface area contributed by atoms with E-state index in [1.54, 1.807) is 12.1 Å². The monoisotopic (exact) mass is 388 g/mol. The predicted molar refractivity (Wildman–Crippen MR) is 121 cm³/mol. The molecule has 0 fully saturated rings. The molecule has 0 aliphatic carbocycles. The molecule has 0 atom stereocenters. The Morgan fingerprint density at radius 3 is 1.83 bits per heavy atom. The van der Waals surface area contributed by atoms with E-state index in [1.165, 1.54) is 48.8 Å². The van der Waals surface area contributed by atoms with Gasteiger partial charge in [-0.05, 0) is 53.6 Å². The van der Waals surface area contributed by atoms with E-state index in [4.69, 9.17) is 4.74 Å². The van der Waals surface area contributed by atoms with Crippen LogP contribution in [0, 0.1) is 0 Å². The Balaban J connectivity index is 1.21. The molecule has 0 amide bonds. The lowest BCUT2D eigenvalue weighted by atomic mass is 10.0. The van der Waals surface area contributed by atoms with Gasteiger partial charge in [-0.25, -0.2) is 0 Å². The molecule has 0 aliphatic rings. The van der Waals surface area contributed by atoms with E-state index in [0.717, 1.165) is 31.6 Å². The molecule has 0 saturated heterocycles. The van der Waals surface area contributed by atoms with Crippen LogP contribution in [0.2, 0.25) is 0 Å². The molecule has 1 N–H and O–H groups in total. The molecule has 0 aromatic heterocycles. The van der Waals surface area contributed by atoms with Gasteiger partial charge in [-0.15, -0.1) is 0 Å². The van der Waals surface area contributed by atoms with Gasteiger partial charge in [0.05, 0.1) is 6.61 Å². The van der Waals surface area contributed by atoms with Gasteiger partial charge in [-0.1, -0.05) is 92.4 Å². The zero-order valence-electron chi connectivity index (χ0n) is 17.2. The third-order valence-electron chi connectivity index (χ3n) is 5.27. The maximum Gasteiger partial charge on any atom is 0.115 e. The van der Waals surface area contributed by atoms with Gasteiger partial charge < -0.3 is 9.84 Å². The van der Waals surface area contributed by atoms with Gasteiger partial charge in [0.15, 0.2) is 0 Å². The highest BCUT2D eigenvalue weighted by molar-refractivity contribution is 5.64. The summed E-state index contributed by atoms with van der Waals surface area (Å²) in [5, 5.41) is 9.40. The average Bonchev–Trinajstić information content (AvgIpc) is 2.77. The number of phenols is 1. The maximum atomic E-state index is 9.40. The number of rotatable bonds is 12. The number of hydrogen-bond donors (Lipinski definition) is 1. The zero-order chi connectivity index (χ0) is 20.2. The number of hydrogen-bond acceptors (Lipinski definition) is 2. The van der Waals surface area contributed by atoms with Crippen molar-refractivity contribution in [1.82, 2.24) is 0 Å². The molecule has 0 aliphatic heterocycles. The quantitative estimate of drug-likeness (QED) is 0.334. The van der Waals surface area contributed by atoms with E-state index in [1.807, 2.05) is 18.2 Å². The summed E-state index contributed by atoms with van der Waals surface area (Å²) in [6.45, 7) is 1.59. The summed E-state index contributed by atoms with van der Waals surface area (Å²) in [4.78, 5) is 0. The van der Waals surface area contributed by atoms with Crippen molar-refractivity contribution in [2.24, 2.45) is 0 Å². The summed E-state index contributed by atoms with van der Waals surface area (Å²) < 4.78 is 5.74. The minimum absolute atomic E-state index is 0.310. The summed E-state index contributed by atoms with van der Waals surface area (Å²) in [7, 11) is 0. The second-order valence-electron chi connectivity index (χ2n) is 7.65. The lowest BCUT2D eigenvalue weighted by Crippen LogP contribution is -1.95. The van der Waals surface area contributed by atoms with E-state index in [0.29, 0.717) is 5.75 Å². The second-order valence-corrected chi connectivity index (χ2v) is 7.65. The molecule has 2 nitrogen and oxygen atoms in total. The molecule has 3 aromatic carbocycles. The van der Waals surface area contributed by atoms with E-state index < -0.39 is 0 Å². The van der Waals surface area contributed by atoms with Crippen molar-refractivity contribution in [3.8, 4) is 16.9 Å². The maximum absolute atomic E-state index is 9.40. The predicted octanol–water partition coefficient (Wildman–Crippen LogP) is 7.16. The summed E-state index contributed by atoms with van der Waals surface area (Å²) in [6.07, 6.45) is 8.73. The highest BCUT2D eigenvalue weighted by atomic mass is 16.5. The highest BCUT2D eigenvalue weighted by Gasteiger charge is 2.00. The van der Waals surface area contributed by atoms with Crippen LogP contribution in [0.4, 0.5) is 0 Å². The molecule has 0 heterocycles. The first kappa shape index (κ1) is 21.1. The van der Waals surface area contributed by atoms with Crippen molar-refractivity contribution < 1.29 is 9.84 Å². The minimum atomic E-state index is 0.310. The summed E-state index contributed by atoms with van der Waals surface area (Å²) >= 11 is 0. The lowest BCUT2D eigenvalue weighted by Gasteiger charge is -2.06. The van der Waals surface area contributed by atoms with Gasteiger partial charge in [-0.3, -0.25) is 0 Å². The Bertz CT molecular complexity index is 807. The van der Waals surface area contributed by atoms with Crippen molar-refractivity contribution >= 4 is 0 Å². The Hall–Kier alpha value is -2.58. The highest BCUT2D eigenvalue weighted by Crippen LogP contribution is 2.22. The van der Waals surface area contributed by atoms with Gasteiger partial charge in [0.2, 0.25) is 0 Å². The standard InChI is InChI=1S/C27H32O2/c28-27-19-17-26(18-20-27)25-15-13-23(14-16-25)10-6-3-1-2-4-9-21-29-22-24-11-7-5-8-12-24/h5,7-8,11-20,28H,1-4,6,9-10,21-22H2. The van der Waals surface area contributed by atoms with Crippen LogP contribution in [0.25, 0.3) is 11.1 Å². The number of benzene rings is 3. The second kappa shape index (κ2) is 12.1. The number of ether oxygens (including phenoxy) is 1. The van der Waals surface area contributed by atoms with Gasteiger partial charge in [0.1, 0.15) is 5.75 Å². The largest absolute Gasteiger partial charge is 0.508 e. The Morgan fingerprint density at radius 2 is 1.14 bits per heavy atom. The van der Waals surface area contributed by atoms with Crippen LogP contribution in [-0.2, 0) is 17.8 Å². The van der Waals surface area contributed by atoms with Crippen molar-refractivity contribution in [3.05, 3.63) is 90.0 Å². The Labute approximate surface area is 175 Å². The van der Waals surface area contributed by atoms with Crippen LogP contribution >= 0.6 is 0 Å². The van der Waals surface area contributed by atoms with Crippen LogP contribution in [-0.4, -0.2) is 11.7 Å². The number of unbranched alkanes of at least 4 members (excludes halogenated alkanes) is 5. The topological polar surface area (TPSA) is 29.5 Å². The van der Waals surface area contributed by atoms with Crippen LogP contribution in [0.5, 0.6) is 5.75 Å². The van der Waals surface area contributed by atoms with Crippen LogP contribution in [0.15, 0.2) is 78.9 Å². The molecule has 0 saturated carbocycles. The SMILES string of the molecule is Oc1ccc(-c2ccc(CCCCCCCCOCc3ccccc3)cc2)cc1. The third kappa shape index (κ3) is 7.75. The van der Waals surface area contributed by atoms with Crippen LogP contribution in [0.3, 0.4) is 0 Å². The first-order chi connectivity index (χ1) is 14.3. The van der Waals surface area contributed by atoms with Crippen molar-refractivity contribution in [2.75, 3.05) is 6.61 Å². The van der Waals surface area contributed by atoms with E-state index in [9.17, 15) is 5.11 Å². The number of phenolic OH excluding ortho intramolecular Hbond substituents is 1. The molecule has 29 heavy (non-hydrogen) atoms. The molecular formula is C27H32O2. The molecule has 0 bridgehead atoms. The van der Waals surface area contributed by atoms with Gasteiger partial charge in [-0.2, -0.15) is 0 Å². The van der Waals surface area contributed by atoms with Gasteiger partial charge in [0, 0.05) is 6.61 Å². The van der Waals surface area contributed by atoms with Crippen molar-refractivity contribution in [1.29, 1.82) is 0 Å².